The highest BCUT2D eigenvalue weighted by atomic mass is 16.5. The van der Waals surface area contributed by atoms with Crippen molar-refractivity contribution in [3.05, 3.63) is 59.9 Å². The summed E-state index contributed by atoms with van der Waals surface area (Å²) in [6.07, 6.45) is 4.00. The van der Waals surface area contributed by atoms with Crippen molar-refractivity contribution in [3.8, 4) is 11.5 Å². The molecule has 0 aliphatic heterocycles. The summed E-state index contributed by atoms with van der Waals surface area (Å²) in [6, 6.07) is 13.2. The maximum absolute atomic E-state index is 12.7. The topological polar surface area (TPSA) is 53.4 Å². The molecule has 0 radical (unpaired) electrons. The molecule has 3 rings (SSSR count). The number of nitrogens with zero attached hydrogens (tertiary/aromatic N) is 2. The second-order valence-corrected chi connectivity index (χ2v) is 5.49. The lowest BCUT2D eigenvalue weighted by atomic mass is 10.2. The normalized spacial score (nSPS) is 11.2. The maximum Gasteiger partial charge on any atom is 0.256 e. The Morgan fingerprint density at radius 1 is 1.12 bits per heavy atom. The first-order chi connectivity index (χ1) is 12.2. The van der Waals surface area contributed by atoms with Gasteiger partial charge in [0, 0.05) is 12.5 Å². The predicted molar refractivity (Wildman–Crippen MR) is 98.3 cm³/mol. The molecule has 5 nitrogen and oxygen atoms in total. The van der Waals surface area contributed by atoms with Crippen LogP contribution in [-0.2, 0) is 6.42 Å². The van der Waals surface area contributed by atoms with E-state index in [4.69, 9.17) is 9.47 Å². The van der Waals surface area contributed by atoms with Crippen molar-refractivity contribution in [2.24, 2.45) is 0 Å². The number of carbonyl (C=O) groups excluding carboxylic acids is 1. The Morgan fingerprint density at radius 2 is 1.88 bits per heavy atom. The van der Waals surface area contributed by atoms with Crippen LogP contribution in [0.1, 0.15) is 23.1 Å². The molecule has 0 amide bonds. The van der Waals surface area contributed by atoms with Crippen LogP contribution in [0.5, 0.6) is 11.5 Å². The highest BCUT2D eigenvalue weighted by Gasteiger charge is 2.13. The Bertz CT molecular complexity index is 941. The number of allylic oxidation sites excluding steroid dienone is 1. The number of methoxy groups -OCH3 is 2. The largest absolute Gasteiger partial charge is 0.493 e. The first-order valence-electron chi connectivity index (χ1n) is 8.08. The number of rotatable bonds is 5. The molecule has 0 saturated heterocycles. The van der Waals surface area contributed by atoms with Crippen molar-refractivity contribution < 1.29 is 14.3 Å². The lowest BCUT2D eigenvalue weighted by Gasteiger charge is -2.07. The minimum absolute atomic E-state index is 0.125. The number of hydrogen-bond donors (Lipinski definition) is 0. The molecule has 5 heteroatoms. The van der Waals surface area contributed by atoms with Crippen LogP contribution in [0.15, 0.2) is 48.5 Å². The highest BCUT2D eigenvalue weighted by Crippen LogP contribution is 2.28. The van der Waals surface area contributed by atoms with E-state index in [1.54, 1.807) is 30.9 Å². The van der Waals surface area contributed by atoms with Crippen LogP contribution in [0, 0.1) is 0 Å². The predicted octanol–water partition coefficient (Wildman–Crippen LogP) is 3.97. The Kier molecular flexibility index (Phi) is 4.84. The standard InChI is InChI=1S/C20H20N2O3/c1-4-19-21-15-7-5-6-8-16(15)22(19)20(23)12-10-14-9-11-17(24-2)18(13-14)25-3/h5-13H,4H2,1-3H3/b12-10+. The summed E-state index contributed by atoms with van der Waals surface area (Å²) >= 11 is 0. The Morgan fingerprint density at radius 3 is 2.60 bits per heavy atom. The third kappa shape index (κ3) is 3.26. The van der Waals surface area contributed by atoms with Crippen molar-refractivity contribution in [2.75, 3.05) is 14.2 Å². The molecule has 0 fully saturated rings. The molecule has 2 aromatic carbocycles. The third-order valence-electron chi connectivity index (χ3n) is 3.99. The van der Waals surface area contributed by atoms with Crippen LogP contribution in [0.4, 0.5) is 0 Å². The van der Waals surface area contributed by atoms with Gasteiger partial charge in [-0.15, -0.1) is 0 Å². The first-order valence-corrected chi connectivity index (χ1v) is 8.08. The zero-order valence-electron chi connectivity index (χ0n) is 14.5. The lowest BCUT2D eigenvalue weighted by molar-refractivity contribution is 0.0971. The van der Waals surface area contributed by atoms with Gasteiger partial charge in [0.1, 0.15) is 5.82 Å². The van der Waals surface area contributed by atoms with Crippen LogP contribution in [0.3, 0.4) is 0 Å². The van der Waals surface area contributed by atoms with Gasteiger partial charge in [-0.1, -0.05) is 25.1 Å². The smallest absolute Gasteiger partial charge is 0.256 e. The fourth-order valence-electron chi connectivity index (χ4n) is 2.76. The summed E-state index contributed by atoms with van der Waals surface area (Å²) in [6.45, 7) is 1.99. The van der Waals surface area contributed by atoms with E-state index in [1.807, 2.05) is 49.4 Å². The van der Waals surface area contributed by atoms with E-state index in [1.165, 1.54) is 0 Å². The number of aryl methyl sites for hydroxylation is 1. The minimum atomic E-state index is -0.125. The minimum Gasteiger partial charge on any atom is -0.493 e. The molecule has 0 N–H and O–H groups in total. The Balaban J connectivity index is 1.94. The summed E-state index contributed by atoms with van der Waals surface area (Å²) < 4.78 is 12.2. The number of hydrogen-bond acceptors (Lipinski definition) is 4. The fourth-order valence-corrected chi connectivity index (χ4v) is 2.76. The lowest BCUT2D eigenvalue weighted by Crippen LogP contribution is -2.10. The molecule has 0 atom stereocenters. The van der Waals surface area contributed by atoms with Gasteiger partial charge >= 0.3 is 0 Å². The second kappa shape index (κ2) is 7.21. The van der Waals surface area contributed by atoms with Gasteiger partial charge in [-0.3, -0.25) is 9.36 Å². The molecule has 0 aliphatic rings. The molecule has 128 valence electrons. The van der Waals surface area contributed by atoms with Crippen molar-refractivity contribution in [3.63, 3.8) is 0 Å². The van der Waals surface area contributed by atoms with Crippen LogP contribution >= 0.6 is 0 Å². The SMILES string of the molecule is CCc1nc2ccccc2n1C(=O)/C=C/c1ccc(OC)c(OC)c1. The molecular weight excluding hydrogens is 316 g/mol. The van der Waals surface area contributed by atoms with Gasteiger partial charge in [0.2, 0.25) is 0 Å². The van der Waals surface area contributed by atoms with Gasteiger partial charge < -0.3 is 9.47 Å². The van der Waals surface area contributed by atoms with Gasteiger partial charge in [-0.2, -0.15) is 0 Å². The summed E-state index contributed by atoms with van der Waals surface area (Å²) in [5.41, 5.74) is 2.50. The van der Waals surface area contributed by atoms with Crippen LogP contribution < -0.4 is 9.47 Å². The molecular formula is C20H20N2O3. The summed E-state index contributed by atoms with van der Waals surface area (Å²) in [4.78, 5) is 17.3. The first kappa shape index (κ1) is 16.8. The number of carbonyl (C=O) groups is 1. The average molecular weight is 336 g/mol. The van der Waals surface area contributed by atoms with Crippen molar-refractivity contribution >= 4 is 23.0 Å². The monoisotopic (exact) mass is 336 g/mol. The third-order valence-corrected chi connectivity index (χ3v) is 3.99. The molecule has 0 aliphatic carbocycles. The zero-order chi connectivity index (χ0) is 17.8. The fraction of sp³-hybridized carbons (Fsp3) is 0.200. The Labute approximate surface area is 146 Å². The molecule has 1 aromatic heterocycles. The molecule has 0 spiro atoms. The maximum atomic E-state index is 12.7. The van der Waals surface area contributed by atoms with Crippen molar-refractivity contribution in [2.45, 2.75) is 13.3 Å². The van der Waals surface area contributed by atoms with E-state index in [-0.39, 0.29) is 5.91 Å². The summed E-state index contributed by atoms with van der Waals surface area (Å²) in [5.74, 6) is 1.91. The summed E-state index contributed by atoms with van der Waals surface area (Å²) in [5, 5.41) is 0. The number of para-hydroxylation sites is 2. The van der Waals surface area contributed by atoms with E-state index in [9.17, 15) is 4.79 Å². The van der Waals surface area contributed by atoms with E-state index >= 15 is 0 Å². The molecule has 25 heavy (non-hydrogen) atoms. The van der Waals surface area contributed by atoms with Gasteiger partial charge in [0.05, 0.1) is 25.3 Å². The number of aromatic nitrogens is 2. The van der Waals surface area contributed by atoms with Crippen molar-refractivity contribution in [1.82, 2.24) is 9.55 Å². The van der Waals surface area contributed by atoms with Crippen LogP contribution in [0.25, 0.3) is 17.1 Å². The number of imidazole rings is 1. The summed E-state index contributed by atoms with van der Waals surface area (Å²) in [7, 11) is 3.18. The second-order valence-electron chi connectivity index (χ2n) is 5.49. The van der Waals surface area contributed by atoms with E-state index in [0.29, 0.717) is 17.9 Å². The van der Waals surface area contributed by atoms with Gasteiger partial charge in [-0.25, -0.2) is 4.98 Å². The quantitative estimate of drug-likeness (QED) is 0.662. The molecule has 0 bridgehead atoms. The van der Waals surface area contributed by atoms with Crippen LogP contribution in [-0.4, -0.2) is 29.7 Å². The molecule has 0 saturated carbocycles. The van der Waals surface area contributed by atoms with Gasteiger partial charge in [-0.05, 0) is 35.9 Å². The molecule has 0 unspecified atom stereocenters. The van der Waals surface area contributed by atoms with Crippen molar-refractivity contribution in [1.29, 1.82) is 0 Å². The van der Waals surface area contributed by atoms with Crippen LogP contribution in [0.2, 0.25) is 0 Å². The van der Waals surface area contributed by atoms with Gasteiger partial charge in [0.25, 0.3) is 5.91 Å². The van der Waals surface area contributed by atoms with E-state index < -0.39 is 0 Å². The Hall–Kier alpha value is -3.08. The zero-order valence-corrected chi connectivity index (χ0v) is 14.5. The number of benzene rings is 2. The van der Waals surface area contributed by atoms with E-state index in [0.717, 1.165) is 22.4 Å². The molecule has 3 aromatic rings. The highest BCUT2D eigenvalue weighted by molar-refractivity contribution is 5.99. The van der Waals surface area contributed by atoms with E-state index in [2.05, 4.69) is 4.98 Å². The number of ether oxygens (including phenoxy) is 2. The van der Waals surface area contributed by atoms with Gasteiger partial charge in [0.15, 0.2) is 11.5 Å². The molecule has 1 heterocycles. The average Bonchev–Trinajstić information content (AvgIpc) is 3.04. The number of fused-ring (bicyclic) bond motifs is 1.